The minimum Gasteiger partial charge on any atom is -0.487 e. The van der Waals surface area contributed by atoms with Gasteiger partial charge < -0.3 is 4.74 Å². The van der Waals surface area contributed by atoms with Crippen molar-refractivity contribution in [1.82, 2.24) is 9.38 Å². The largest absolute Gasteiger partial charge is 0.487 e. The highest BCUT2D eigenvalue weighted by atomic mass is 35.5. The van der Waals surface area contributed by atoms with Crippen molar-refractivity contribution in [3.05, 3.63) is 103 Å². The van der Waals surface area contributed by atoms with Gasteiger partial charge in [0.25, 0.3) is 5.56 Å². The third-order valence-electron chi connectivity index (χ3n) is 4.71. The standard InChI is InChI=1S/C23H14Cl2N2O2S/c24-16-8-5-14(6-9-16)13-29-20-10-7-15(11-17(20)25)12-21-22(28)27-19-4-2-1-3-18(19)26-23(27)30-21/h1-12H,13H2/b21-12-. The molecule has 0 atom stereocenters. The van der Waals surface area contributed by atoms with Crippen LogP contribution in [-0.2, 0) is 6.61 Å². The molecule has 0 aliphatic heterocycles. The van der Waals surface area contributed by atoms with Crippen molar-refractivity contribution in [2.75, 3.05) is 0 Å². The molecule has 0 radical (unpaired) electrons. The summed E-state index contributed by atoms with van der Waals surface area (Å²) in [7, 11) is 0. The van der Waals surface area contributed by atoms with E-state index in [4.69, 9.17) is 27.9 Å². The van der Waals surface area contributed by atoms with Gasteiger partial charge in [0.1, 0.15) is 12.4 Å². The van der Waals surface area contributed by atoms with Crippen molar-refractivity contribution in [2.45, 2.75) is 6.61 Å². The number of rotatable bonds is 4. The maximum absolute atomic E-state index is 12.9. The zero-order chi connectivity index (χ0) is 20.7. The number of benzene rings is 3. The van der Waals surface area contributed by atoms with Crippen LogP contribution in [0.1, 0.15) is 11.1 Å². The molecular formula is C23H14Cl2N2O2S. The van der Waals surface area contributed by atoms with E-state index in [0.717, 1.165) is 22.2 Å². The lowest BCUT2D eigenvalue weighted by Gasteiger charge is -2.08. The molecule has 4 nitrogen and oxygen atoms in total. The number of aromatic nitrogens is 2. The van der Waals surface area contributed by atoms with Crippen molar-refractivity contribution in [1.29, 1.82) is 0 Å². The topological polar surface area (TPSA) is 43.6 Å². The Morgan fingerprint density at radius 2 is 1.83 bits per heavy atom. The number of para-hydroxylation sites is 2. The third kappa shape index (κ3) is 3.56. The lowest BCUT2D eigenvalue weighted by Crippen LogP contribution is -2.22. The van der Waals surface area contributed by atoms with E-state index in [0.29, 0.717) is 31.9 Å². The highest BCUT2D eigenvalue weighted by Crippen LogP contribution is 2.27. The van der Waals surface area contributed by atoms with E-state index in [1.165, 1.54) is 11.3 Å². The molecule has 148 valence electrons. The molecule has 5 aromatic rings. The number of halogens is 2. The first-order chi connectivity index (χ1) is 14.6. The molecule has 0 unspecified atom stereocenters. The Kier molecular flexibility index (Phi) is 4.95. The first-order valence-corrected chi connectivity index (χ1v) is 10.7. The SMILES string of the molecule is O=c1/c(=C/c2ccc(OCc3ccc(Cl)cc3)c(Cl)c2)sc2nc3ccccc3n12. The number of imidazole rings is 1. The number of hydrogen-bond acceptors (Lipinski definition) is 4. The Morgan fingerprint density at radius 3 is 2.63 bits per heavy atom. The van der Waals surface area contributed by atoms with Gasteiger partial charge in [0.05, 0.1) is 20.6 Å². The molecule has 0 saturated carbocycles. The molecule has 2 heterocycles. The Bertz CT molecular complexity index is 1490. The van der Waals surface area contributed by atoms with E-state index in [-0.39, 0.29) is 5.56 Å². The zero-order valence-corrected chi connectivity index (χ0v) is 17.8. The second-order valence-corrected chi connectivity index (χ2v) is 8.59. The van der Waals surface area contributed by atoms with Crippen LogP contribution in [0.3, 0.4) is 0 Å². The van der Waals surface area contributed by atoms with Gasteiger partial charge in [0.2, 0.25) is 0 Å². The predicted molar refractivity (Wildman–Crippen MR) is 123 cm³/mol. The molecule has 0 N–H and O–H groups in total. The van der Waals surface area contributed by atoms with Gasteiger partial charge in [-0.15, -0.1) is 0 Å². The summed E-state index contributed by atoms with van der Waals surface area (Å²) in [4.78, 5) is 18.1. The van der Waals surface area contributed by atoms with Gasteiger partial charge in [0, 0.05) is 5.02 Å². The van der Waals surface area contributed by atoms with Crippen molar-refractivity contribution in [3.8, 4) is 5.75 Å². The number of hydrogen-bond donors (Lipinski definition) is 0. The molecule has 0 spiro atoms. The Morgan fingerprint density at radius 1 is 1.03 bits per heavy atom. The second kappa shape index (κ2) is 7.76. The minimum atomic E-state index is -0.0807. The zero-order valence-electron chi connectivity index (χ0n) is 15.5. The average molecular weight is 453 g/mol. The molecular weight excluding hydrogens is 439 g/mol. The van der Waals surface area contributed by atoms with Crippen LogP contribution in [0, 0.1) is 0 Å². The van der Waals surface area contributed by atoms with E-state index in [1.54, 1.807) is 10.5 Å². The number of ether oxygens (including phenoxy) is 1. The fourth-order valence-electron chi connectivity index (χ4n) is 3.23. The summed E-state index contributed by atoms with van der Waals surface area (Å²) in [5.74, 6) is 0.582. The Labute approximate surface area is 185 Å². The molecule has 3 aromatic carbocycles. The van der Waals surface area contributed by atoms with E-state index < -0.39 is 0 Å². The second-order valence-electron chi connectivity index (χ2n) is 6.74. The lowest BCUT2D eigenvalue weighted by molar-refractivity contribution is 0.306. The van der Waals surface area contributed by atoms with Crippen LogP contribution in [0.25, 0.3) is 22.1 Å². The van der Waals surface area contributed by atoms with Gasteiger partial charge in [-0.1, -0.05) is 64.9 Å². The van der Waals surface area contributed by atoms with Crippen LogP contribution in [0.5, 0.6) is 5.75 Å². The Balaban J connectivity index is 1.44. The molecule has 0 amide bonds. The first-order valence-electron chi connectivity index (χ1n) is 9.17. The maximum Gasteiger partial charge on any atom is 0.274 e. The van der Waals surface area contributed by atoms with Crippen LogP contribution in [-0.4, -0.2) is 9.38 Å². The first kappa shape index (κ1) is 19.1. The number of nitrogens with zero attached hydrogens (tertiary/aromatic N) is 2. The number of thiazole rings is 1. The molecule has 0 aliphatic carbocycles. The van der Waals surface area contributed by atoms with Crippen LogP contribution in [0.15, 0.2) is 71.5 Å². The van der Waals surface area contributed by atoms with E-state index in [9.17, 15) is 4.79 Å². The average Bonchev–Trinajstić information content (AvgIpc) is 3.25. The van der Waals surface area contributed by atoms with Gasteiger partial charge >= 0.3 is 0 Å². The van der Waals surface area contributed by atoms with E-state index in [1.807, 2.05) is 66.7 Å². The summed E-state index contributed by atoms with van der Waals surface area (Å²) < 4.78 is 8.07. The Hall–Kier alpha value is -2.86. The van der Waals surface area contributed by atoms with Gasteiger partial charge in [0.15, 0.2) is 4.96 Å². The highest BCUT2D eigenvalue weighted by Gasteiger charge is 2.11. The van der Waals surface area contributed by atoms with Gasteiger partial charge in [-0.25, -0.2) is 9.38 Å². The quantitative estimate of drug-likeness (QED) is 0.369. The molecule has 0 bridgehead atoms. The van der Waals surface area contributed by atoms with Gasteiger partial charge in [-0.2, -0.15) is 0 Å². The van der Waals surface area contributed by atoms with Crippen molar-refractivity contribution >= 4 is 56.6 Å². The summed E-state index contributed by atoms with van der Waals surface area (Å²) in [6.45, 7) is 0.389. The van der Waals surface area contributed by atoms with Crippen molar-refractivity contribution < 1.29 is 4.74 Å². The van der Waals surface area contributed by atoms with Crippen LogP contribution in [0.2, 0.25) is 10.0 Å². The fourth-order valence-corrected chi connectivity index (χ4v) is 4.59. The van der Waals surface area contributed by atoms with Crippen LogP contribution < -0.4 is 14.8 Å². The molecule has 7 heteroatoms. The molecule has 0 saturated heterocycles. The normalized spacial score (nSPS) is 12.1. The van der Waals surface area contributed by atoms with Gasteiger partial charge in [-0.05, 0) is 53.6 Å². The maximum atomic E-state index is 12.9. The summed E-state index contributed by atoms with van der Waals surface area (Å²) in [6, 6.07) is 20.6. The highest BCUT2D eigenvalue weighted by molar-refractivity contribution is 7.15. The summed E-state index contributed by atoms with van der Waals surface area (Å²) in [5, 5.41) is 1.17. The summed E-state index contributed by atoms with van der Waals surface area (Å²) in [6.07, 6.45) is 1.82. The molecule has 2 aromatic heterocycles. The smallest absolute Gasteiger partial charge is 0.274 e. The third-order valence-corrected chi connectivity index (χ3v) is 6.22. The molecule has 5 rings (SSSR count). The van der Waals surface area contributed by atoms with Crippen molar-refractivity contribution in [2.24, 2.45) is 0 Å². The van der Waals surface area contributed by atoms with Crippen LogP contribution >= 0.6 is 34.5 Å². The number of fused-ring (bicyclic) bond motifs is 3. The van der Waals surface area contributed by atoms with Crippen molar-refractivity contribution in [3.63, 3.8) is 0 Å². The van der Waals surface area contributed by atoms with Crippen LogP contribution in [0.4, 0.5) is 0 Å². The van der Waals surface area contributed by atoms with Gasteiger partial charge in [-0.3, -0.25) is 4.79 Å². The monoisotopic (exact) mass is 452 g/mol. The molecule has 0 aliphatic rings. The van der Waals surface area contributed by atoms with E-state index >= 15 is 0 Å². The molecule has 0 fully saturated rings. The summed E-state index contributed by atoms with van der Waals surface area (Å²) >= 11 is 13.7. The molecule has 30 heavy (non-hydrogen) atoms. The fraction of sp³-hybridized carbons (Fsp3) is 0.0435. The van der Waals surface area contributed by atoms with E-state index in [2.05, 4.69) is 4.98 Å². The predicted octanol–water partition coefficient (Wildman–Crippen LogP) is 5.34. The summed E-state index contributed by atoms with van der Waals surface area (Å²) in [5.41, 5.74) is 3.37. The lowest BCUT2D eigenvalue weighted by atomic mass is 10.2. The minimum absolute atomic E-state index is 0.0807.